The fourth-order valence-corrected chi connectivity index (χ4v) is 4.14. The Morgan fingerprint density at radius 3 is 1.87 bits per heavy atom. The van der Waals surface area contributed by atoms with Gasteiger partial charge in [-0.3, -0.25) is 0 Å². The van der Waals surface area contributed by atoms with Crippen molar-refractivity contribution in [3.8, 4) is 0 Å². The van der Waals surface area contributed by atoms with Crippen LogP contribution in [0.2, 0.25) is 0 Å². The number of ether oxygens (including phenoxy) is 2. The van der Waals surface area contributed by atoms with Crippen LogP contribution in [0, 0.1) is 0 Å². The molecule has 1 aliphatic heterocycles. The van der Waals surface area contributed by atoms with Gasteiger partial charge in [0, 0.05) is 18.5 Å². The fraction of sp³-hybridized carbons (Fsp3) is 0.920. The maximum atomic E-state index is 11.9. The van der Waals surface area contributed by atoms with E-state index in [1.54, 1.807) is 6.92 Å². The summed E-state index contributed by atoms with van der Waals surface area (Å²) in [5.74, 6) is 0.321. The van der Waals surface area contributed by atoms with Crippen molar-refractivity contribution in [3.63, 3.8) is 0 Å². The standard InChI is InChI=1S/C25H47NO4.ClH/c1-20(27)16-14-12-10-8-6-7-9-11-13-15-17-22-18-19-23(21(2)26-22)29-24(28)30-25(3,4)5;/h21-23,26H,6-19H2,1-5H3;1H/t21-,22+,23-;/m1./s1. The minimum Gasteiger partial charge on any atom is -0.429 e. The van der Waals surface area contributed by atoms with Gasteiger partial charge in [-0.05, 0) is 60.3 Å². The highest BCUT2D eigenvalue weighted by molar-refractivity contribution is 5.85. The van der Waals surface area contributed by atoms with E-state index >= 15 is 0 Å². The molecule has 0 bridgehead atoms. The van der Waals surface area contributed by atoms with E-state index < -0.39 is 11.8 Å². The van der Waals surface area contributed by atoms with Gasteiger partial charge in [-0.15, -0.1) is 12.4 Å². The predicted octanol–water partition coefficient (Wildman–Crippen LogP) is 7.14. The van der Waals surface area contributed by atoms with Crippen LogP contribution < -0.4 is 5.32 Å². The van der Waals surface area contributed by atoms with Crippen LogP contribution in [0.1, 0.15) is 125 Å². The summed E-state index contributed by atoms with van der Waals surface area (Å²) in [5, 5.41) is 3.62. The first-order valence-electron chi connectivity index (χ1n) is 12.3. The van der Waals surface area contributed by atoms with E-state index in [1.807, 2.05) is 20.8 Å². The Morgan fingerprint density at radius 1 is 0.871 bits per heavy atom. The number of nitrogens with one attached hydrogen (secondary N) is 1. The maximum absolute atomic E-state index is 11.9. The molecule has 5 nitrogen and oxygen atoms in total. The molecule has 0 aromatic heterocycles. The van der Waals surface area contributed by atoms with Crippen LogP contribution in [-0.4, -0.2) is 35.7 Å². The summed E-state index contributed by atoms with van der Waals surface area (Å²) in [5.41, 5.74) is -0.513. The molecule has 0 aromatic rings. The van der Waals surface area contributed by atoms with Crippen LogP contribution in [0.4, 0.5) is 4.79 Å². The van der Waals surface area contributed by atoms with Crippen molar-refractivity contribution in [2.75, 3.05) is 0 Å². The van der Waals surface area contributed by atoms with Crippen LogP contribution in [-0.2, 0) is 14.3 Å². The summed E-state index contributed by atoms with van der Waals surface area (Å²) in [4.78, 5) is 22.8. The zero-order valence-corrected chi connectivity index (χ0v) is 21.5. The molecule has 0 amide bonds. The zero-order valence-electron chi connectivity index (χ0n) is 20.7. The molecule has 3 atom stereocenters. The molecule has 1 heterocycles. The smallest absolute Gasteiger partial charge is 0.429 e. The van der Waals surface area contributed by atoms with Crippen molar-refractivity contribution in [2.45, 2.75) is 148 Å². The molecule has 1 fully saturated rings. The highest BCUT2D eigenvalue weighted by Gasteiger charge is 2.30. The molecule has 0 aliphatic carbocycles. The first kappa shape index (κ1) is 30.2. The Kier molecular flexibility index (Phi) is 16.3. The molecule has 0 saturated carbocycles. The third-order valence-corrected chi connectivity index (χ3v) is 5.82. The van der Waals surface area contributed by atoms with E-state index in [1.165, 1.54) is 64.2 Å². The minimum absolute atomic E-state index is 0. The average Bonchev–Trinajstić information content (AvgIpc) is 2.63. The Hall–Kier alpha value is -0.810. The van der Waals surface area contributed by atoms with E-state index in [9.17, 15) is 9.59 Å². The number of rotatable bonds is 14. The molecule has 1 saturated heterocycles. The number of carbonyl (C=O) groups excluding carboxylic acids is 2. The second-order valence-electron chi connectivity index (χ2n) is 10.1. The highest BCUT2D eigenvalue weighted by atomic mass is 35.5. The van der Waals surface area contributed by atoms with Crippen molar-refractivity contribution in [2.24, 2.45) is 0 Å². The molecular weight excluding hydrogens is 414 g/mol. The molecule has 1 N–H and O–H groups in total. The van der Waals surface area contributed by atoms with Crippen LogP contribution in [0.5, 0.6) is 0 Å². The van der Waals surface area contributed by atoms with Crippen molar-refractivity contribution in [1.29, 1.82) is 0 Å². The third kappa shape index (κ3) is 16.5. The lowest BCUT2D eigenvalue weighted by Gasteiger charge is -2.35. The predicted molar refractivity (Wildman–Crippen MR) is 130 cm³/mol. The van der Waals surface area contributed by atoms with Gasteiger partial charge in [0.2, 0.25) is 0 Å². The summed E-state index contributed by atoms with van der Waals surface area (Å²) in [6, 6.07) is 0.709. The Morgan fingerprint density at radius 2 is 1.39 bits per heavy atom. The van der Waals surface area contributed by atoms with Crippen molar-refractivity contribution in [3.05, 3.63) is 0 Å². The van der Waals surface area contributed by atoms with Gasteiger partial charge < -0.3 is 19.6 Å². The Labute approximate surface area is 197 Å². The van der Waals surface area contributed by atoms with E-state index in [4.69, 9.17) is 9.47 Å². The van der Waals surface area contributed by atoms with Gasteiger partial charge >= 0.3 is 6.16 Å². The quantitative estimate of drug-likeness (QED) is 0.220. The number of unbranched alkanes of at least 4 members (excludes halogenated alkanes) is 9. The number of halogens is 1. The number of ketones is 1. The molecule has 0 spiro atoms. The SMILES string of the molecule is CC(=O)CCCCCCCCCCCC[C@H]1CC[C@@H](OC(=O)OC(C)(C)C)[C@@H](C)N1.Cl. The summed E-state index contributed by atoms with van der Waals surface area (Å²) in [6.45, 7) is 9.34. The number of hydrogen-bond donors (Lipinski definition) is 1. The van der Waals surface area contributed by atoms with Gasteiger partial charge in [0.05, 0.1) is 0 Å². The molecule has 6 heteroatoms. The molecule has 0 aromatic carbocycles. The molecule has 1 rings (SSSR count). The molecule has 31 heavy (non-hydrogen) atoms. The molecular formula is C25H48ClNO4. The van der Waals surface area contributed by atoms with E-state index in [0.717, 1.165) is 25.7 Å². The third-order valence-electron chi connectivity index (χ3n) is 5.82. The lowest BCUT2D eigenvalue weighted by molar-refractivity contribution is -0.117. The lowest BCUT2D eigenvalue weighted by atomic mass is 9.93. The summed E-state index contributed by atoms with van der Waals surface area (Å²) in [7, 11) is 0. The zero-order chi connectivity index (χ0) is 22.4. The molecule has 0 radical (unpaired) electrons. The monoisotopic (exact) mass is 461 g/mol. The van der Waals surface area contributed by atoms with Crippen LogP contribution in [0.25, 0.3) is 0 Å². The van der Waals surface area contributed by atoms with E-state index in [2.05, 4.69) is 12.2 Å². The first-order chi connectivity index (χ1) is 14.2. The van der Waals surface area contributed by atoms with Gasteiger partial charge in [0.25, 0.3) is 0 Å². The van der Waals surface area contributed by atoms with Crippen LogP contribution in [0.15, 0.2) is 0 Å². The largest absolute Gasteiger partial charge is 0.509 e. The average molecular weight is 462 g/mol. The van der Waals surface area contributed by atoms with Crippen molar-refractivity contribution >= 4 is 24.3 Å². The Balaban J connectivity index is 0.00000900. The summed E-state index contributed by atoms with van der Waals surface area (Å²) >= 11 is 0. The van der Waals surface area contributed by atoms with Crippen molar-refractivity contribution < 1.29 is 19.1 Å². The Bertz CT molecular complexity index is 492. The lowest BCUT2D eigenvalue weighted by Crippen LogP contribution is -2.50. The molecule has 184 valence electrons. The van der Waals surface area contributed by atoms with Crippen LogP contribution in [0.3, 0.4) is 0 Å². The first-order valence-corrected chi connectivity index (χ1v) is 12.3. The molecule has 1 aliphatic rings. The summed E-state index contributed by atoms with van der Waals surface area (Å²) < 4.78 is 10.8. The number of Topliss-reactive ketones (excluding diaryl/α,β-unsaturated/α-hetero) is 1. The van der Waals surface area contributed by atoms with Gasteiger partial charge in [-0.1, -0.05) is 57.8 Å². The maximum Gasteiger partial charge on any atom is 0.509 e. The van der Waals surface area contributed by atoms with E-state index in [0.29, 0.717) is 11.8 Å². The number of carbonyl (C=O) groups is 2. The second-order valence-corrected chi connectivity index (χ2v) is 10.1. The topological polar surface area (TPSA) is 64.6 Å². The van der Waals surface area contributed by atoms with Crippen molar-refractivity contribution in [1.82, 2.24) is 5.32 Å². The van der Waals surface area contributed by atoms with E-state index in [-0.39, 0.29) is 24.6 Å². The van der Waals surface area contributed by atoms with Crippen LogP contribution >= 0.6 is 12.4 Å². The molecule has 0 unspecified atom stereocenters. The normalized spacial score (nSPS) is 21.3. The number of hydrogen-bond acceptors (Lipinski definition) is 5. The second kappa shape index (κ2) is 16.8. The number of piperidine rings is 1. The fourth-order valence-electron chi connectivity index (χ4n) is 4.14. The summed E-state index contributed by atoms with van der Waals surface area (Å²) in [6.07, 6.45) is 16.1. The van der Waals surface area contributed by atoms with Gasteiger partial charge in [-0.2, -0.15) is 0 Å². The van der Waals surface area contributed by atoms with Gasteiger partial charge in [0.1, 0.15) is 17.5 Å². The van der Waals surface area contributed by atoms with Gasteiger partial charge in [0.15, 0.2) is 0 Å². The van der Waals surface area contributed by atoms with Gasteiger partial charge in [-0.25, -0.2) is 4.79 Å². The minimum atomic E-state index is -0.560. The highest BCUT2D eigenvalue weighted by Crippen LogP contribution is 2.22.